The zero-order valence-corrected chi connectivity index (χ0v) is 13.4. The van der Waals surface area contributed by atoms with Crippen molar-refractivity contribution >= 4 is 29.2 Å². The minimum Gasteiger partial charge on any atom is -0.370 e. The third-order valence-electron chi connectivity index (χ3n) is 3.05. The summed E-state index contributed by atoms with van der Waals surface area (Å²) in [5.41, 5.74) is 0.0347. The standard InChI is InChI=1S/C13H20N4O3S/c1-5-14-12-11(6-10(7-15-12)17(19)20)13(18)16(3)9(2)8-21-4/h6-7,9H,5,8H2,1-4H3,(H,14,15). The van der Waals surface area contributed by atoms with Crippen LogP contribution in [0.3, 0.4) is 0 Å². The lowest BCUT2D eigenvalue weighted by Gasteiger charge is -2.25. The van der Waals surface area contributed by atoms with E-state index in [9.17, 15) is 14.9 Å². The van der Waals surface area contributed by atoms with E-state index < -0.39 is 4.92 Å². The van der Waals surface area contributed by atoms with Crippen molar-refractivity contribution in [3.63, 3.8) is 0 Å². The van der Waals surface area contributed by atoms with Gasteiger partial charge < -0.3 is 10.2 Å². The van der Waals surface area contributed by atoms with E-state index in [1.807, 2.05) is 20.1 Å². The van der Waals surface area contributed by atoms with Gasteiger partial charge in [-0.3, -0.25) is 14.9 Å². The fourth-order valence-corrected chi connectivity index (χ4v) is 2.47. The third-order valence-corrected chi connectivity index (χ3v) is 3.86. The van der Waals surface area contributed by atoms with Gasteiger partial charge in [-0.25, -0.2) is 4.98 Å². The second-order valence-electron chi connectivity index (χ2n) is 4.60. The van der Waals surface area contributed by atoms with Crippen LogP contribution < -0.4 is 5.32 Å². The summed E-state index contributed by atoms with van der Waals surface area (Å²) in [7, 11) is 1.69. The molecule has 21 heavy (non-hydrogen) atoms. The predicted octanol–water partition coefficient (Wildman–Crippen LogP) is 2.25. The van der Waals surface area contributed by atoms with Crippen LogP contribution in [0.4, 0.5) is 11.5 Å². The molecule has 0 bridgehead atoms. The summed E-state index contributed by atoms with van der Waals surface area (Å²) in [4.78, 5) is 28.4. The molecule has 0 aliphatic carbocycles. The van der Waals surface area contributed by atoms with Crippen LogP contribution in [0.15, 0.2) is 12.3 Å². The zero-order chi connectivity index (χ0) is 16.0. The Morgan fingerprint density at radius 1 is 1.62 bits per heavy atom. The van der Waals surface area contributed by atoms with Gasteiger partial charge in [-0.05, 0) is 20.1 Å². The number of anilines is 1. The van der Waals surface area contributed by atoms with Crippen molar-refractivity contribution in [3.05, 3.63) is 27.9 Å². The van der Waals surface area contributed by atoms with Crippen LogP contribution >= 0.6 is 11.8 Å². The molecule has 1 N–H and O–H groups in total. The van der Waals surface area contributed by atoms with Crippen molar-refractivity contribution in [3.8, 4) is 0 Å². The van der Waals surface area contributed by atoms with E-state index in [4.69, 9.17) is 0 Å². The Bertz CT molecular complexity index is 524. The average molecular weight is 312 g/mol. The van der Waals surface area contributed by atoms with Crippen molar-refractivity contribution < 1.29 is 9.72 Å². The van der Waals surface area contributed by atoms with Crippen LogP contribution in [0.2, 0.25) is 0 Å². The highest BCUT2D eigenvalue weighted by atomic mass is 32.2. The number of carbonyl (C=O) groups excluding carboxylic acids is 1. The van der Waals surface area contributed by atoms with Crippen molar-refractivity contribution in [2.75, 3.05) is 30.9 Å². The first kappa shape index (κ1) is 17.2. The number of rotatable bonds is 7. The van der Waals surface area contributed by atoms with E-state index in [1.54, 1.807) is 23.7 Å². The summed E-state index contributed by atoms with van der Waals surface area (Å²) in [6.45, 7) is 4.39. The molecule has 0 aliphatic heterocycles. The predicted molar refractivity (Wildman–Crippen MR) is 85.0 cm³/mol. The fraction of sp³-hybridized carbons (Fsp3) is 0.538. The maximum atomic E-state index is 12.5. The van der Waals surface area contributed by atoms with E-state index >= 15 is 0 Å². The highest BCUT2D eigenvalue weighted by molar-refractivity contribution is 7.98. The Labute approximate surface area is 128 Å². The molecule has 1 aromatic heterocycles. The second kappa shape index (κ2) is 7.82. The highest BCUT2D eigenvalue weighted by Gasteiger charge is 2.23. The molecule has 116 valence electrons. The first-order valence-corrected chi connectivity index (χ1v) is 7.96. The van der Waals surface area contributed by atoms with Gasteiger partial charge in [0.05, 0.1) is 10.5 Å². The van der Waals surface area contributed by atoms with Crippen molar-refractivity contribution in [1.82, 2.24) is 9.88 Å². The maximum absolute atomic E-state index is 12.5. The molecule has 0 radical (unpaired) electrons. The van der Waals surface area contributed by atoms with E-state index in [0.717, 1.165) is 11.9 Å². The fourth-order valence-electron chi connectivity index (χ4n) is 1.77. The molecule has 0 saturated carbocycles. The minimum absolute atomic E-state index is 0.0289. The molecule has 1 amide bonds. The molecule has 0 saturated heterocycles. The molecular weight excluding hydrogens is 292 g/mol. The van der Waals surface area contributed by atoms with Crippen molar-refractivity contribution in [1.29, 1.82) is 0 Å². The Morgan fingerprint density at radius 2 is 2.29 bits per heavy atom. The summed E-state index contributed by atoms with van der Waals surface area (Å²) < 4.78 is 0. The first-order chi connectivity index (χ1) is 9.92. The largest absolute Gasteiger partial charge is 0.370 e. The van der Waals surface area contributed by atoms with Gasteiger partial charge in [-0.1, -0.05) is 0 Å². The second-order valence-corrected chi connectivity index (χ2v) is 5.51. The normalized spacial score (nSPS) is 11.8. The number of amides is 1. The SMILES string of the molecule is CCNc1ncc([N+](=O)[O-])cc1C(=O)N(C)C(C)CSC. The molecule has 8 heteroatoms. The van der Waals surface area contributed by atoms with Crippen LogP contribution in [-0.4, -0.2) is 52.4 Å². The van der Waals surface area contributed by atoms with E-state index in [1.165, 1.54) is 6.07 Å². The lowest BCUT2D eigenvalue weighted by Crippen LogP contribution is -2.37. The molecule has 0 aliphatic rings. The molecule has 1 atom stereocenters. The van der Waals surface area contributed by atoms with Crippen molar-refractivity contribution in [2.45, 2.75) is 19.9 Å². The van der Waals surface area contributed by atoms with E-state index in [0.29, 0.717) is 12.4 Å². The summed E-state index contributed by atoms with van der Waals surface area (Å²) in [6, 6.07) is 1.30. The molecule has 7 nitrogen and oxygen atoms in total. The van der Waals surface area contributed by atoms with Gasteiger partial charge in [0, 0.05) is 31.5 Å². The molecule has 0 fully saturated rings. The Balaban J connectivity index is 3.15. The molecule has 1 unspecified atom stereocenters. The molecule has 0 spiro atoms. The first-order valence-electron chi connectivity index (χ1n) is 6.56. The number of hydrogen-bond donors (Lipinski definition) is 1. The van der Waals surface area contributed by atoms with E-state index in [-0.39, 0.29) is 23.2 Å². The van der Waals surface area contributed by atoms with Gasteiger partial charge in [0.1, 0.15) is 12.0 Å². The average Bonchev–Trinajstić information content (AvgIpc) is 2.46. The van der Waals surface area contributed by atoms with Gasteiger partial charge in [0.2, 0.25) is 0 Å². The number of nitrogens with zero attached hydrogens (tertiary/aromatic N) is 3. The lowest BCUT2D eigenvalue weighted by molar-refractivity contribution is -0.385. The molecular formula is C13H20N4O3S. The third kappa shape index (κ3) is 4.32. The van der Waals surface area contributed by atoms with Crippen LogP contribution in [-0.2, 0) is 0 Å². The van der Waals surface area contributed by atoms with Crippen LogP contribution in [0.1, 0.15) is 24.2 Å². The van der Waals surface area contributed by atoms with Gasteiger partial charge >= 0.3 is 0 Å². The Morgan fingerprint density at radius 3 is 2.81 bits per heavy atom. The maximum Gasteiger partial charge on any atom is 0.288 e. The van der Waals surface area contributed by atoms with Gasteiger partial charge in [0.25, 0.3) is 11.6 Å². The van der Waals surface area contributed by atoms with Crippen molar-refractivity contribution in [2.24, 2.45) is 0 Å². The zero-order valence-electron chi connectivity index (χ0n) is 12.6. The molecule has 0 aromatic carbocycles. The number of hydrogen-bond acceptors (Lipinski definition) is 6. The van der Waals surface area contributed by atoms with Crippen LogP contribution in [0, 0.1) is 10.1 Å². The van der Waals surface area contributed by atoms with E-state index in [2.05, 4.69) is 10.3 Å². The van der Waals surface area contributed by atoms with Gasteiger partial charge in [-0.15, -0.1) is 0 Å². The number of nitro groups is 1. The quantitative estimate of drug-likeness (QED) is 0.613. The molecule has 1 aromatic rings. The number of thioether (sulfide) groups is 1. The number of nitrogens with one attached hydrogen (secondary N) is 1. The monoisotopic (exact) mass is 312 g/mol. The summed E-state index contributed by atoms with van der Waals surface area (Å²) in [6.07, 6.45) is 3.12. The molecule has 1 heterocycles. The topological polar surface area (TPSA) is 88.4 Å². The Kier molecular flexibility index (Phi) is 6.41. The van der Waals surface area contributed by atoms with Gasteiger partial charge in [-0.2, -0.15) is 11.8 Å². The number of carbonyl (C=O) groups is 1. The highest BCUT2D eigenvalue weighted by Crippen LogP contribution is 2.21. The minimum atomic E-state index is -0.551. The Hall–Kier alpha value is -1.83. The van der Waals surface area contributed by atoms with Gasteiger partial charge in [0.15, 0.2) is 0 Å². The number of aromatic nitrogens is 1. The molecule has 1 rings (SSSR count). The van der Waals surface area contributed by atoms with Crippen LogP contribution in [0.5, 0.6) is 0 Å². The summed E-state index contributed by atoms with van der Waals surface area (Å²) in [5.74, 6) is 0.890. The lowest BCUT2D eigenvalue weighted by atomic mass is 10.2. The summed E-state index contributed by atoms with van der Waals surface area (Å²) in [5, 5.41) is 13.8. The summed E-state index contributed by atoms with van der Waals surface area (Å²) >= 11 is 1.64. The number of pyridine rings is 1. The van der Waals surface area contributed by atoms with Crippen LogP contribution in [0.25, 0.3) is 0 Å². The smallest absolute Gasteiger partial charge is 0.288 e.